The molecule has 11 heteroatoms. The largest absolute Gasteiger partial charge is 0.508 e. The summed E-state index contributed by atoms with van der Waals surface area (Å²) in [6.45, 7) is -0.506. The molecule has 4 aromatic carbocycles. The van der Waals surface area contributed by atoms with Crippen LogP contribution in [-0.2, 0) is 9.59 Å². The quantitative estimate of drug-likeness (QED) is 0.0480. The zero-order chi connectivity index (χ0) is 35.4. The number of non-ortho nitro benzene ring substituents is 1. The smallest absolute Gasteiger partial charge is 0.271 e. The number of rotatable bonds is 12. The van der Waals surface area contributed by atoms with Crippen LogP contribution in [-0.4, -0.2) is 51.4 Å². The average molecular weight is 695 g/mol. The highest BCUT2D eigenvalue weighted by molar-refractivity contribution is 6.32. The molecule has 0 unspecified atom stereocenters. The van der Waals surface area contributed by atoms with Gasteiger partial charge in [0.15, 0.2) is 0 Å². The van der Waals surface area contributed by atoms with Crippen LogP contribution in [0.25, 0.3) is 11.6 Å². The number of nitrogens with zero attached hydrogens (tertiary/aromatic N) is 2. The van der Waals surface area contributed by atoms with E-state index in [0.717, 1.165) is 16.0 Å². The zero-order valence-electron chi connectivity index (χ0n) is 26.9. The van der Waals surface area contributed by atoms with Crippen LogP contribution in [0.5, 0.6) is 11.5 Å². The van der Waals surface area contributed by atoms with Crippen molar-refractivity contribution < 1.29 is 34.6 Å². The van der Waals surface area contributed by atoms with E-state index >= 15 is 0 Å². The van der Waals surface area contributed by atoms with Gasteiger partial charge in [0.1, 0.15) is 18.1 Å². The van der Waals surface area contributed by atoms with Crippen molar-refractivity contribution in [2.75, 3.05) is 18.1 Å². The number of fused-ring (bicyclic) bond motifs is 1. The topological polar surface area (TPSA) is 150 Å². The number of nitro groups is 1. The highest BCUT2D eigenvalue weighted by atomic mass is 35.5. The molecule has 4 aromatic rings. The van der Waals surface area contributed by atoms with Crippen molar-refractivity contribution in [3.05, 3.63) is 141 Å². The summed E-state index contributed by atoms with van der Waals surface area (Å²) >= 11 is 6.45. The molecule has 0 spiro atoms. The number of carbonyl (C=O) groups is 2. The lowest BCUT2D eigenvalue weighted by atomic mass is 9.68. The van der Waals surface area contributed by atoms with Gasteiger partial charge in [-0.2, -0.15) is 0 Å². The van der Waals surface area contributed by atoms with Gasteiger partial charge in [0, 0.05) is 18.1 Å². The number of halogens is 1. The lowest BCUT2D eigenvalue weighted by Gasteiger charge is -2.36. The van der Waals surface area contributed by atoms with Crippen LogP contribution in [0, 0.1) is 27.9 Å². The van der Waals surface area contributed by atoms with Crippen LogP contribution in [0.3, 0.4) is 0 Å². The Balaban J connectivity index is 1.35. The van der Waals surface area contributed by atoms with Crippen molar-refractivity contribution in [3.8, 4) is 11.5 Å². The van der Waals surface area contributed by atoms with E-state index in [0.29, 0.717) is 33.9 Å². The normalized spacial score (nSPS) is 19.8. The molecular weight excluding hydrogens is 660 g/mol. The predicted octanol–water partition coefficient (Wildman–Crippen LogP) is 6.83. The highest BCUT2D eigenvalue weighted by Gasteiger charge is 2.55. The lowest BCUT2D eigenvalue weighted by Crippen LogP contribution is -2.40. The standard InChI is InChI=1S/C39H35ClN2O8/c40-34-21-30(44)16-14-26(34)18-25(24-8-3-1-4-9-24)15-17-35(45)36-27(23-50-31-12-5-2-6-13-31)19-32-37(33(36)22-43)39(47)41(38(32)46)28-10-7-11-29(20-28)42(48)49/h1-14,16,18,20-21,32-33,35,37,43-45H,15,17,19,22-23H2/b25-18-/t32-,33+,35-,37-/m1/s1. The molecular formula is C39H35ClN2O8. The number of para-hydroxylation sites is 1. The molecule has 2 amide bonds. The Morgan fingerprint density at radius 1 is 0.980 bits per heavy atom. The lowest BCUT2D eigenvalue weighted by molar-refractivity contribution is -0.384. The molecule has 1 aliphatic heterocycles. The van der Waals surface area contributed by atoms with Gasteiger partial charge < -0.3 is 20.1 Å². The number of carbonyl (C=O) groups excluding carboxylic acids is 2. The van der Waals surface area contributed by atoms with Gasteiger partial charge in [0.25, 0.3) is 5.69 Å². The average Bonchev–Trinajstić information content (AvgIpc) is 3.38. The Morgan fingerprint density at radius 3 is 2.38 bits per heavy atom. The molecule has 50 heavy (non-hydrogen) atoms. The second-order valence-corrected chi connectivity index (χ2v) is 12.8. The Kier molecular flexibility index (Phi) is 10.4. The molecule has 1 fully saturated rings. The van der Waals surface area contributed by atoms with Gasteiger partial charge in [0.2, 0.25) is 11.8 Å². The maximum atomic E-state index is 14.0. The van der Waals surface area contributed by atoms with E-state index in [-0.39, 0.29) is 36.6 Å². The first-order chi connectivity index (χ1) is 24.2. The van der Waals surface area contributed by atoms with Gasteiger partial charge in [-0.25, -0.2) is 4.90 Å². The molecule has 0 aromatic heterocycles. The Hall–Kier alpha value is -5.29. The monoisotopic (exact) mass is 694 g/mol. The maximum absolute atomic E-state index is 14.0. The number of aliphatic hydroxyl groups excluding tert-OH is 2. The number of aromatic hydroxyl groups is 1. The van der Waals surface area contributed by atoms with Gasteiger partial charge in [-0.1, -0.05) is 66.2 Å². The molecule has 6 rings (SSSR count). The summed E-state index contributed by atoms with van der Waals surface area (Å²) < 4.78 is 6.10. The van der Waals surface area contributed by atoms with Crippen molar-refractivity contribution in [3.63, 3.8) is 0 Å². The third-order valence-electron chi connectivity index (χ3n) is 9.34. The summed E-state index contributed by atoms with van der Waals surface area (Å²) in [7, 11) is 0. The fourth-order valence-electron chi connectivity index (χ4n) is 7.00. The fraction of sp³-hybridized carbons (Fsp3) is 0.231. The van der Waals surface area contributed by atoms with Crippen molar-refractivity contribution in [1.29, 1.82) is 0 Å². The van der Waals surface area contributed by atoms with E-state index in [1.165, 1.54) is 30.3 Å². The van der Waals surface area contributed by atoms with Gasteiger partial charge in [0.05, 0.1) is 40.2 Å². The van der Waals surface area contributed by atoms with Gasteiger partial charge in [-0.15, -0.1) is 0 Å². The maximum Gasteiger partial charge on any atom is 0.271 e. The molecule has 1 saturated heterocycles. The van der Waals surface area contributed by atoms with Crippen molar-refractivity contribution in [2.45, 2.75) is 25.4 Å². The number of allylic oxidation sites excluding steroid dienone is 1. The number of phenolic OH excluding ortho intramolecular Hbond substituents is 1. The molecule has 1 heterocycles. The Morgan fingerprint density at radius 2 is 1.70 bits per heavy atom. The molecule has 0 radical (unpaired) electrons. The third kappa shape index (κ3) is 7.18. The summed E-state index contributed by atoms with van der Waals surface area (Å²) in [6.07, 6.45) is 1.44. The van der Waals surface area contributed by atoms with Crippen LogP contribution >= 0.6 is 11.6 Å². The number of imide groups is 1. The minimum absolute atomic E-state index is 0.0128. The van der Waals surface area contributed by atoms with Crippen LogP contribution in [0.1, 0.15) is 30.4 Å². The number of phenols is 1. The summed E-state index contributed by atoms with van der Waals surface area (Å²) in [5, 5.41) is 44.5. The highest BCUT2D eigenvalue weighted by Crippen LogP contribution is 2.48. The molecule has 2 aliphatic rings. The van der Waals surface area contributed by atoms with E-state index in [4.69, 9.17) is 16.3 Å². The number of amides is 2. The third-order valence-corrected chi connectivity index (χ3v) is 9.67. The minimum Gasteiger partial charge on any atom is -0.508 e. The molecule has 1 aliphatic carbocycles. The van der Waals surface area contributed by atoms with Crippen LogP contribution in [0.2, 0.25) is 5.02 Å². The first-order valence-electron chi connectivity index (χ1n) is 16.2. The zero-order valence-corrected chi connectivity index (χ0v) is 27.6. The Bertz CT molecular complexity index is 1960. The molecule has 0 bridgehead atoms. The van der Waals surface area contributed by atoms with E-state index in [9.17, 15) is 35.0 Å². The number of ether oxygens (including phenoxy) is 1. The Labute approximate surface area is 293 Å². The number of benzene rings is 4. The van der Waals surface area contributed by atoms with Gasteiger partial charge in [-0.3, -0.25) is 19.7 Å². The second-order valence-electron chi connectivity index (χ2n) is 12.4. The van der Waals surface area contributed by atoms with E-state index < -0.39 is 47.2 Å². The van der Waals surface area contributed by atoms with Crippen molar-refractivity contribution >= 4 is 46.4 Å². The first-order valence-corrected chi connectivity index (χ1v) is 16.6. The fourth-order valence-corrected chi connectivity index (χ4v) is 7.23. The number of hydrogen-bond acceptors (Lipinski definition) is 8. The summed E-state index contributed by atoms with van der Waals surface area (Å²) in [5.74, 6) is -3.25. The predicted molar refractivity (Wildman–Crippen MR) is 189 cm³/mol. The van der Waals surface area contributed by atoms with E-state index in [1.54, 1.807) is 24.3 Å². The van der Waals surface area contributed by atoms with E-state index in [2.05, 4.69) is 0 Å². The van der Waals surface area contributed by atoms with E-state index in [1.807, 2.05) is 54.6 Å². The van der Waals surface area contributed by atoms with Crippen LogP contribution in [0.15, 0.2) is 114 Å². The van der Waals surface area contributed by atoms with Gasteiger partial charge in [-0.05, 0) is 89.6 Å². The minimum atomic E-state index is -1.13. The number of hydrogen-bond donors (Lipinski definition) is 3. The molecule has 0 saturated carbocycles. The summed E-state index contributed by atoms with van der Waals surface area (Å²) in [6, 6.07) is 28.7. The summed E-state index contributed by atoms with van der Waals surface area (Å²) in [5.41, 5.74) is 3.31. The first kappa shape index (κ1) is 34.6. The van der Waals surface area contributed by atoms with Crippen molar-refractivity contribution in [1.82, 2.24) is 0 Å². The second kappa shape index (κ2) is 15.1. The number of aliphatic hydroxyl groups is 2. The molecule has 10 nitrogen and oxygen atoms in total. The number of anilines is 1. The summed E-state index contributed by atoms with van der Waals surface area (Å²) in [4.78, 5) is 39.7. The molecule has 3 N–H and O–H groups in total. The van der Waals surface area contributed by atoms with Crippen molar-refractivity contribution in [2.24, 2.45) is 17.8 Å². The van der Waals surface area contributed by atoms with Crippen LogP contribution in [0.4, 0.5) is 11.4 Å². The molecule has 256 valence electrons. The van der Waals surface area contributed by atoms with Crippen LogP contribution < -0.4 is 9.64 Å². The molecule has 4 atom stereocenters. The SMILES string of the molecule is O=C1[C@@H]2[C@@H](CC(COc3ccccc3)=C([C@H](O)CC/C(=C/c3ccc(O)cc3Cl)c3ccccc3)[C@@H]2CO)C(=O)N1c1cccc([N+](=O)[O-])c1. The van der Waals surface area contributed by atoms with Gasteiger partial charge >= 0.3 is 0 Å². The number of nitro benzene ring substituents is 1.